The molecule has 0 spiro atoms. The SMILES string of the molecule is O=C(OCCC1CCCCC1)N1CCN(C(=O)c2ccc(NS(=O)(=O)c3cccc4cccnc34)c(OC(F)(F)F)c2)CC1. The van der Waals surface area contributed by atoms with Crippen LogP contribution in [0.1, 0.15) is 48.9 Å². The number of fused-ring (bicyclic) bond motifs is 1. The van der Waals surface area contributed by atoms with Crippen LogP contribution in [0.15, 0.2) is 59.6 Å². The Morgan fingerprint density at radius 1 is 0.955 bits per heavy atom. The molecule has 44 heavy (non-hydrogen) atoms. The minimum atomic E-state index is -5.16. The van der Waals surface area contributed by atoms with Gasteiger partial charge in [-0.25, -0.2) is 13.2 Å². The molecule has 0 radical (unpaired) electrons. The zero-order valence-electron chi connectivity index (χ0n) is 23.9. The van der Waals surface area contributed by atoms with Crippen molar-refractivity contribution in [2.24, 2.45) is 5.92 Å². The van der Waals surface area contributed by atoms with Gasteiger partial charge in [0.15, 0.2) is 5.75 Å². The molecule has 1 aliphatic heterocycles. The van der Waals surface area contributed by atoms with E-state index in [-0.39, 0.29) is 42.2 Å². The molecule has 2 heterocycles. The Morgan fingerprint density at radius 2 is 1.66 bits per heavy atom. The Kier molecular flexibility index (Phi) is 9.47. The second kappa shape index (κ2) is 13.3. The third-order valence-corrected chi connectivity index (χ3v) is 9.28. The average molecular weight is 635 g/mol. The van der Waals surface area contributed by atoms with Crippen molar-refractivity contribution >= 4 is 38.6 Å². The molecule has 3 aromatic rings. The Morgan fingerprint density at radius 3 is 2.39 bits per heavy atom. The van der Waals surface area contributed by atoms with Crippen LogP contribution in [0.4, 0.5) is 23.7 Å². The van der Waals surface area contributed by atoms with Crippen LogP contribution in [0.25, 0.3) is 10.9 Å². The average Bonchev–Trinajstić information content (AvgIpc) is 3.01. The van der Waals surface area contributed by atoms with E-state index in [0.29, 0.717) is 17.9 Å². The molecular weight excluding hydrogens is 601 g/mol. The molecule has 2 aromatic carbocycles. The van der Waals surface area contributed by atoms with Crippen LogP contribution in [0.5, 0.6) is 5.75 Å². The number of nitrogens with one attached hydrogen (secondary N) is 1. The third kappa shape index (κ3) is 7.71. The van der Waals surface area contributed by atoms with E-state index in [0.717, 1.165) is 31.4 Å². The number of amides is 2. The molecule has 1 aromatic heterocycles. The Hall–Kier alpha value is -4.07. The van der Waals surface area contributed by atoms with E-state index in [4.69, 9.17) is 4.74 Å². The normalized spacial score (nSPS) is 16.5. The molecule has 1 saturated carbocycles. The monoisotopic (exact) mass is 634 g/mol. The standard InChI is InChI=1S/C30H33F3N4O6S/c31-30(32,33)43-25-20-23(11-12-24(25)35-44(40,41)26-10-4-8-22-9-5-14-34-27(22)26)28(38)36-15-17-37(18-16-36)29(39)42-19-13-21-6-2-1-3-7-21/h4-5,8-12,14,20-21,35H,1-3,6-7,13,15-19H2. The van der Waals surface area contributed by atoms with Gasteiger partial charge in [-0.05, 0) is 42.7 Å². The molecule has 14 heteroatoms. The molecule has 236 valence electrons. The number of carbonyl (C=O) groups excluding carboxylic acids is 2. The number of rotatable bonds is 8. The molecule has 2 aliphatic rings. The summed E-state index contributed by atoms with van der Waals surface area (Å²) in [5.41, 5.74) is -0.505. The lowest BCUT2D eigenvalue weighted by molar-refractivity contribution is -0.274. The van der Waals surface area contributed by atoms with Gasteiger partial charge in [-0.3, -0.25) is 14.5 Å². The number of hydrogen-bond donors (Lipinski definition) is 1. The lowest BCUT2D eigenvalue weighted by Crippen LogP contribution is -2.50. The second-order valence-corrected chi connectivity index (χ2v) is 12.5. The molecule has 1 aliphatic carbocycles. The number of halogens is 3. The largest absolute Gasteiger partial charge is 0.573 e. The number of para-hydroxylation sites is 1. The fourth-order valence-electron chi connectivity index (χ4n) is 5.60. The number of ether oxygens (including phenoxy) is 2. The topological polar surface area (TPSA) is 118 Å². The minimum absolute atomic E-state index is 0.137. The van der Waals surface area contributed by atoms with E-state index >= 15 is 0 Å². The number of pyridine rings is 1. The summed E-state index contributed by atoms with van der Waals surface area (Å²) in [4.78, 5) is 32.5. The van der Waals surface area contributed by atoms with Crippen molar-refractivity contribution < 1.29 is 40.7 Å². The van der Waals surface area contributed by atoms with Crippen molar-refractivity contribution in [3.63, 3.8) is 0 Å². The molecule has 0 atom stereocenters. The van der Waals surface area contributed by atoms with Gasteiger partial charge in [0.1, 0.15) is 4.90 Å². The predicted octanol–water partition coefficient (Wildman–Crippen LogP) is 5.80. The number of benzene rings is 2. The van der Waals surface area contributed by atoms with Gasteiger partial charge in [0.25, 0.3) is 15.9 Å². The highest BCUT2D eigenvalue weighted by Crippen LogP contribution is 2.34. The number of anilines is 1. The van der Waals surface area contributed by atoms with Gasteiger partial charge >= 0.3 is 12.5 Å². The minimum Gasteiger partial charge on any atom is -0.449 e. The Labute approximate surface area is 253 Å². The summed E-state index contributed by atoms with van der Waals surface area (Å²) in [6, 6.07) is 10.8. The lowest BCUT2D eigenvalue weighted by atomic mass is 9.87. The van der Waals surface area contributed by atoms with Crippen molar-refractivity contribution in [1.29, 1.82) is 0 Å². The number of nitrogens with zero attached hydrogens (tertiary/aromatic N) is 3. The zero-order chi connectivity index (χ0) is 31.3. The first-order valence-electron chi connectivity index (χ1n) is 14.5. The molecule has 2 fully saturated rings. The van der Waals surface area contributed by atoms with Crippen molar-refractivity contribution in [2.45, 2.75) is 49.8 Å². The summed E-state index contributed by atoms with van der Waals surface area (Å²) in [6.07, 6.45) is 2.60. The number of piperazine rings is 1. The van der Waals surface area contributed by atoms with Crippen LogP contribution < -0.4 is 9.46 Å². The van der Waals surface area contributed by atoms with Crippen LogP contribution in [0.3, 0.4) is 0 Å². The van der Waals surface area contributed by atoms with Gasteiger partial charge in [-0.2, -0.15) is 0 Å². The van der Waals surface area contributed by atoms with E-state index in [1.807, 2.05) is 0 Å². The summed E-state index contributed by atoms with van der Waals surface area (Å²) in [5, 5.41) is 0.524. The van der Waals surface area contributed by atoms with Gasteiger partial charge < -0.3 is 19.3 Å². The van der Waals surface area contributed by atoms with Gasteiger partial charge in [-0.1, -0.05) is 50.3 Å². The van der Waals surface area contributed by atoms with E-state index in [1.54, 1.807) is 18.2 Å². The zero-order valence-corrected chi connectivity index (χ0v) is 24.7. The molecule has 1 N–H and O–H groups in total. The van der Waals surface area contributed by atoms with Crippen molar-refractivity contribution in [3.05, 3.63) is 60.3 Å². The molecule has 0 unspecified atom stereocenters. The first-order chi connectivity index (χ1) is 21.0. The number of sulfonamides is 1. The number of alkyl halides is 3. The lowest BCUT2D eigenvalue weighted by Gasteiger charge is -2.34. The number of carbonyl (C=O) groups is 2. The van der Waals surface area contributed by atoms with Crippen LogP contribution in [-0.2, 0) is 14.8 Å². The van der Waals surface area contributed by atoms with Gasteiger partial charge in [0, 0.05) is 43.3 Å². The maximum atomic E-state index is 13.3. The van der Waals surface area contributed by atoms with Crippen LogP contribution >= 0.6 is 0 Å². The molecule has 10 nitrogen and oxygen atoms in total. The maximum absolute atomic E-state index is 13.3. The van der Waals surface area contributed by atoms with Gasteiger partial charge in [-0.15, -0.1) is 13.2 Å². The number of aromatic nitrogens is 1. The molecule has 5 rings (SSSR count). The van der Waals surface area contributed by atoms with Gasteiger partial charge in [0.05, 0.1) is 17.8 Å². The third-order valence-electron chi connectivity index (χ3n) is 7.89. The summed E-state index contributed by atoms with van der Waals surface area (Å²) >= 11 is 0. The van der Waals surface area contributed by atoms with Crippen molar-refractivity contribution in [2.75, 3.05) is 37.5 Å². The van der Waals surface area contributed by atoms with E-state index in [2.05, 4.69) is 14.4 Å². The summed E-state index contributed by atoms with van der Waals surface area (Å²) in [5.74, 6) is -0.899. The number of hydrogen-bond acceptors (Lipinski definition) is 7. The summed E-state index contributed by atoms with van der Waals surface area (Å²) in [7, 11) is -4.40. The van der Waals surface area contributed by atoms with E-state index in [9.17, 15) is 31.2 Å². The smallest absolute Gasteiger partial charge is 0.449 e. The fourth-order valence-corrected chi connectivity index (χ4v) is 6.85. The first-order valence-corrected chi connectivity index (χ1v) is 16.0. The fraction of sp³-hybridized carbons (Fsp3) is 0.433. The summed E-state index contributed by atoms with van der Waals surface area (Å²) < 4.78 is 78.2. The Bertz CT molecular complexity index is 1600. The summed E-state index contributed by atoms with van der Waals surface area (Å²) in [6.45, 7) is 1.05. The van der Waals surface area contributed by atoms with E-state index < -0.39 is 39.8 Å². The predicted molar refractivity (Wildman–Crippen MR) is 156 cm³/mol. The molecule has 2 amide bonds. The van der Waals surface area contributed by atoms with Gasteiger partial charge in [0.2, 0.25) is 0 Å². The quantitative estimate of drug-likeness (QED) is 0.333. The van der Waals surface area contributed by atoms with E-state index in [1.165, 1.54) is 53.5 Å². The molecule has 1 saturated heterocycles. The molecule has 0 bridgehead atoms. The first kappa shape index (κ1) is 31.4. The maximum Gasteiger partial charge on any atom is 0.573 e. The second-order valence-electron chi connectivity index (χ2n) is 10.9. The highest BCUT2D eigenvalue weighted by atomic mass is 32.2. The van der Waals surface area contributed by atoms with Crippen LogP contribution in [-0.4, -0.2) is 74.4 Å². The van der Waals surface area contributed by atoms with Crippen LogP contribution in [0, 0.1) is 5.92 Å². The molecular formula is C30H33F3N4O6S. The van der Waals surface area contributed by atoms with Crippen LogP contribution in [0.2, 0.25) is 0 Å². The van der Waals surface area contributed by atoms with Crippen molar-refractivity contribution in [3.8, 4) is 5.75 Å². The highest BCUT2D eigenvalue weighted by Gasteiger charge is 2.34. The van der Waals surface area contributed by atoms with Crippen molar-refractivity contribution in [1.82, 2.24) is 14.8 Å². The Balaban J connectivity index is 1.25. The highest BCUT2D eigenvalue weighted by molar-refractivity contribution is 7.93.